The summed E-state index contributed by atoms with van der Waals surface area (Å²) in [4.78, 5) is 19.3. The average molecular weight is 351 g/mol. The molecule has 0 radical (unpaired) electrons. The summed E-state index contributed by atoms with van der Waals surface area (Å²) in [6.45, 7) is 1.12. The van der Waals surface area contributed by atoms with E-state index in [0.717, 1.165) is 37.8 Å². The van der Waals surface area contributed by atoms with E-state index in [1.54, 1.807) is 12.3 Å². The van der Waals surface area contributed by atoms with E-state index in [1.165, 1.54) is 12.0 Å². The standard InChI is InChI=1S/C21H25N3O2/c25-20(24-14-10-16-7-2-3-9-18(16)24)17-8-6-13-22-19(17)23-15-21(26)11-4-1-5-12-21/h2-3,6-9,13,26H,1,4-5,10-12,14-15H2,(H,22,23). The lowest BCUT2D eigenvalue weighted by Gasteiger charge is -2.32. The van der Waals surface area contributed by atoms with Gasteiger partial charge in [-0.3, -0.25) is 4.79 Å². The molecule has 2 aromatic rings. The number of hydrogen-bond donors (Lipinski definition) is 2. The molecule has 0 unspecified atom stereocenters. The number of pyridine rings is 1. The zero-order chi connectivity index (χ0) is 18.0. The Kier molecular flexibility index (Phi) is 4.64. The lowest BCUT2D eigenvalue weighted by Crippen LogP contribution is -2.39. The smallest absolute Gasteiger partial charge is 0.262 e. The predicted octanol–water partition coefficient (Wildman–Crippen LogP) is 3.39. The molecule has 2 aliphatic rings. The van der Waals surface area contributed by atoms with Crippen LogP contribution in [0.2, 0.25) is 0 Å². The summed E-state index contributed by atoms with van der Waals surface area (Å²) in [5.41, 5.74) is 2.05. The van der Waals surface area contributed by atoms with Gasteiger partial charge in [0.2, 0.25) is 0 Å². The Labute approximate surface area is 154 Å². The number of anilines is 2. The molecule has 1 aromatic carbocycles. The quantitative estimate of drug-likeness (QED) is 0.886. The summed E-state index contributed by atoms with van der Waals surface area (Å²) < 4.78 is 0. The van der Waals surface area contributed by atoms with E-state index in [4.69, 9.17) is 0 Å². The summed E-state index contributed by atoms with van der Waals surface area (Å²) in [5, 5.41) is 14.0. The van der Waals surface area contributed by atoms with E-state index < -0.39 is 5.60 Å². The molecule has 1 aromatic heterocycles. The van der Waals surface area contributed by atoms with Crippen LogP contribution in [0.25, 0.3) is 0 Å². The van der Waals surface area contributed by atoms with Gasteiger partial charge < -0.3 is 15.3 Å². The first kappa shape index (κ1) is 17.0. The second-order valence-corrected chi connectivity index (χ2v) is 7.37. The molecule has 5 nitrogen and oxygen atoms in total. The highest BCUT2D eigenvalue weighted by Crippen LogP contribution is 2.31. The first-order valence-corrected chi connectivity index (χ1v) is 9.47. The van der Waals surface area contributed by atoms with Crippen LogP contribution in [0, 0.1) is 0 Å². The normalized spacial score (nSPS) is 18.4. The molecule has 0 atom stereocenters. The van der Waals surface area contributed by atoms with Crippen molar-refractivity contribution in [3.8, 4) is 0 Å². The number of carbonyl (C=O) groups is 1. The molecule has 2 heterocycles. The average Bonchev–Trinajstić information content (AvgIpc) is 3.11. The molecule has 5 heteroatoms. The number of aromatic nitrogens is 1. The van der Waals surface area contributed by atoms with Crippen molar-refractivity contribution in [2.45, 2.75) is 44.1 Å². The van der Waals surface area contributed by atoms with Gasteiger partial charge in [-0.2, -0.15) is 0 Å². The fraction of sp³-hybridized carbons (Fsp3) is 0.429. The molecule has 1 amide bonds. The highest BCUT2D eigenvalue weighted by atomic mass is 16.3. The van der Waals surface area contributed by atoms with Gasteiger partial charge in [0.25, 0.3) is 5.91 Å². The number of nitrogens with zero attached hydrogens (tertiary/aromatic N) is 2. The fourth-order valence-corrected chi connectivity index (χ4v) is 4.05. The van der Waals surface area contributed by atoms with Crippen LogP contribution in [0.1, 0.15) is 48.0 Å². The fourth-order valence-electron chi connectivity index (χ4n) is 4.05. The van der Waals surface area contributed by atoms with Crippen LogP contribution in [0.15, 0.2) is 42.6 Å². The third-order valence-electron chi connectivity index (χ3n) is 5.54. The minimum Gasteiger partial charge on any atom is -0.388 e. The zero-order valence-corrected chi connectivity index (χ0v) is 14.9. The topological polar surface area (TPSA) is 65.5 Å². The molecule has 1 aliphatic carbocycles. The van der Waals surface area contributed by atoms with Gasteiger partial charge in [0.05, 0.1) is 11.2 Å². The third kappa shape index (κ3) is 3.31. The van der Waals surface area contributed by atoms with Crippen LogP contribution in [-0.2, 0) is 6.42 Å². The number of amides is 1. The Balaban J connectivity index is 1.53. The summed E-state index contributed by atoms with van der Waals surface area (Å²) in [7, 11) is 0. The number of benzene rings is 1. The van der Waals surface area contributed by atoms with Crippen molar-refractivity contribution in [2.24, 2.45) is 0 Å². The van der Waals surface area contributed by atoms with Crippen molar-refractivity contribution < 1.29 is 9.90 Å². The molecule has 1 fully saturated rings. The Morgan fingerprint density at radius 1 is 1.15 bits per heavy atom. The molecule has 136 valence electrons. The molecule has 0 bridgehead atoms. The van der Waals surface area contributed by atoms with E-state index >= 15 is 0 Å². The van der Waals surface area contributed by atoms with Crippen molar-refractivity contribution in [2.75, 3.05) is 23.3 Å². The number of hydrogen-bond acceptors (Lipinski definition) is 4. The minimum absolute atomic E-state index is 0.0406. The first-order chi connectivity index (χ1) is 12.7. The maximum atomic E-state index is 13.1. The zero-order valence-electron chi connectivity index (χ0n) is 14.9. The summed E-state index contributed by atoms with van der Waals surface area (Å²) in [6.07, 6.45) is 7.45. The largest absolute Gasteiger partial charge is 0.388 e. The monoisotopic (exact) mass is 351 g/mol. The summed E-state index contributed by atoms with van der Waals surface area (Å²) >= 11 is 0. The van der Waals surface area contributed by atoms with Crippen molar-refractivity contribution in [1.82, 2.24) is 4.98 Å². The van der Waals surface area contributed by atoms with Gasteiger partial charge in [-0.15, -0.1) is 0 Å². The predicted molar refractivity (Wildman–Crippen MR) is 103 cm³/mol. The lowest BCUT2D eigenvalue weighted by molar-refractivity contribution is 0.0166. The van der Waals surface area contributed by atoms with E-state index in [2.05, 4.69) is 16.4 Å². The van der Waals surface area contributed by atoms with Gasteiger partial charge in [0.1, 0.15) is 5.82 Å². The number of aliphatic hydroxyl groups is 1. The number of rotatable bonds is 4. The molecule has 0 saturated heterocycles. The lowest BCUT2D eigenvalue weighted by atomic mass is 9.85. The summed E-state index contributed by atoms with van der Waals surface area (Å²) in [6, 6.07) is 11.6. The molecule has 26 heavy (non-hydrogen) atoms. The summed E-state index contributed by atoms with van der Waals surface area (Å²) in [5.74, 6) is 0.516. The molecule has 2 N–H and O–H groups in total. The number of para-hydroxylation sites is 1. The minimum atomic E-state index is -0.698. The maximum absolute atomic E-state index is 13.1. The third-order valence-corrected chi connectivity index (χ3v) is 5.54. The molecule has 0 spiro atoms. The van der Waals surface area contributed by atoms with Gasteiger partial charge in [0, 0.05) is 25.0 Å². The molecular weight excluding hydrogens is 326 g/mol. The second kappa shape index (κ2) is 7.08. The first-order valence-electron chi connectivity index (χ1n) is 9.47. The van der Waals surface area contributed by atoms with Gasteiger partial charge in [-0.1, -0.05) is 37.5 Å². The van der Waals surface area contributed by atoms with Gasteiger partial charge >= 0.3 is 0 Å². The van der Waals surface area contributed by atoms with Crippen molar-refractivity contribution in [3.05, 3.63) is 53.7 Å². The molecule has 1 aliphatic heterocycles. The van der Waals surface area contributed by atoms with Crippen molar-refractivity contribution in [1.29, 1.82) is 0 Å². The second-order valence-electron chi connectivity index (χ2n) is 7.37. The van der Waals surface area contributed by atoms with E-state index in [-0.39, 0.29) is 5.91 Å². The molecule has 1 saturated carbocycles. The SMILES string of the molecule is O=C(c1cccnc1NCC1(O)CCCCC1)N1CCc2ccccc21. The van der Waals surface area contributed by atoms with Crippen molar-refractivity contribution >= 4 is 17.4 Å². The van der Waals surface area contributed by atoms with E-state index in [9.17, 15) is 9.90 Å². The molecule has 4 rings (SSSR count). The van der Waals surface area contributed by atoms with E-state index in [0.29, 0.717) is 24.5 Å². The highest BCUT2D eigenvalue weighted by Gasteiger charge is 2.31. The van der Waals surface area contributed by atoms with Gasteiger partial charge in [0.15, 0.2) is 0 Å². The Morgan fingerprint density at radius 3 is 2.81 bits per heavy atom. The van der Waals surface area contributed by atoms with Crippen LogP contribution < -0.4 is 10.2 Å². The van der Waals surface area contributed by atoms with Crippen LogP contribution in [0.4, 0.5) is 11.5 Å². The Hall–Kier alpha value is -2.40. The van der Waals surface area contributed by atoms with Crippen LogP contribution in [0.5, 0.6) is 0 Å². The Morgan fingerprint density at radius 2 is 1.96 bits per heavy atom. The number of carbonyl (C=O) groups excluding carboxylic acids is 1. The van der Waals surface area contributed by atoms with Crippen LogP contribution in [-0.4, -0.2) is 34.7 Å². The number of nitrogens with one attached hydrogen (secondary N) is 1. The van der Waals surface area contributed by atoms with Crippen LogP contribution >= 0.6 is 0 Å². The van der Waals surface area contributed by atoms with Crippen LogP contribution in [0.3, 0.4) is 0 Å². The number of fused-ring (bicyclic) bond motifs is 1. The van der Waals surface area contributed by atoms with Gasteiger partial charge in [-0.05, 0) is 43.0 Å². The highest BCUT2D eigenvalue weighted by molar-refractivity contribution is 6.10. The van der Waals surface area contributed by atoms with Gasteiger partial charge in [-0.25, -0.2) is 4.98 Å². The van der Waals surface area contributed by atoms with E-state index in [1.807, 2.05) is 29.2 Å². The Bertz CT molecular complexity index is 799. The molecular formula is C21H25N3O2. The van der Waals surface area contributed by atoms with Crippen molar-refractivity contribution in [3.63, 3.8) is 0 Å². The maximum Gasteiger partial charge on any atom is 0.262 e.